The van der Waals surface area contributed by atoms with Gasteiger partial charge in [-0.1, -0.05) is 131 Å². The summed E-state index contributed by atoms with van der Waals surface area (Å²) in [6, 6.07) is 27.3. The van der Waals surface area contributed by atoms with Crippen molar-refractivity contribution in [1.82, 2.24) is 9.55 Å². The standard InChI is InChI=1S/C52H57N3OS.Pt/c1-29-19-33-28-51(15)52(49(10,11)12,40(33)21-30(29)2)57-46(54-51)32-22-34(47(4,5)6)24-36(23-32)56-43-27-42-37(20-31(43)3)38-25-35(48(7,8)9)26-41-44(38)55(42)45-39(50(41,13)14)17-16-18-53-45;/h16-22,24-26H,28H2,1-15H3;/q-2;+2/t51-,52-;/m1./s1/i28D2;. The minimum Gasteiger partial charge on any atom is -0.503 e. The molecule has 6 heteroatoms. The van der Waals surface area contributed by atoms with Crippen molar-refractivity contribution < 1.29 is 28.5 Å². The van der Waals surface area contributed by atoms with Crippen LogP contribution in [0.15, 0.2) is 65.8 Å². The third kappa shape index (κ3) is 5.79. The van der Waals surface area contributed by atoms with Crippen molar-refractivity contribution in [3.8, 4) is 17.3 Å². The van der Waals surface area contributed by atoms with E-state index in [9.17, 15) is 2.74 Å². The smallest absolute Gasteiger partial charge is 0.503 e. The predicted octanol–water partition coefficient (Wildman–Crippen LogP) is 13.5. The summed E-state index contributed by atoms with van der Waals surface area (Å²) in [4.78, 5) is 10.5. The van der Waals surface area contributed by atoms with Gasteiger partial charge in [-0.3, -0.25) is 0 Å². The van der Waals surface area contributed by atoms with Crippen LogP contribution in [0.5, 0.6) is 11.5 Å². The summed E-state index contributed by atoms with van der Waals surface area (Å²) in [5, 5.41) is 3.12. The first-order valence-electron chi connectivity index (χ1n) is 21.4. The second-order valence-corrected chi connectivity index (χ2v) is 21.9. The number of pyridine rings is 1. The maximum Gasteiger partial charge on any atom is 2.00 e. The largest absolute Gasteiger partial charge is 2.00 e. The Hall–Kier alpha value is -3.66. The van der Waals surface area contributed by atoms with Gasteiger partial charge in [-0.25, -0.2) is 4.98 Å². The second kappa shape index (κ2) is 12.9. The first-order valence-corrected chi connectivity index (χ1v) is 21.2. The van der Waals surface area contributed by atoms with Crippen molar-refractivity contribution in [2.24, 2.45) is 10.4 Å². The number of benzene rings is 4. The minimum absolute atomic E-state index is 0. The fourth-order valence-electron chi connectivity index (χ4n) is 9.75. The summed E-state index contributed by atoms with van der Waals surface area (Å²) in [5.41, 5.74) is 11.0. The summed E-state index contributed by atoms with van der Waals surface area (Å²) in [5.74, 6) is 2.15. The molecule has 9 rings (SSSR count). The van der Waals surface area contributed by atoms with Crippen LogP contribution in [0.25, 0.3) is 27.6 Å². The fraction of sp³-hybridized carbons (Fsp3) is 0.423. The summed E-state index contributed by atoms with van der Waals surface area (Å²) in [6.45, 7) is 33.1. The number of fused-ring (bicyclic) bond motifs is 8. The van der Waals surface area contributed by atoms with Gasteiger partial charge in [0.05, 0.1) is 10.3 Å². The summed E-state index contributed by atoms with van der Waals surface area (Å²) in [6.07, 6.45) is 0.193. The van der Waals surface area contributed by atoms with Gasteiger partial charge in [0.1, 0.15) is 5.82 Å². The number of aromatic nitrogens is 2. The molecule has 2 aliphatic heterocycles. The molecule has 2 aromatic heterocycles. The minimum atomic E-state index is -1.69. The quantitative estimate of drug-likeness (QED) is 0.166. The monoisotopic (exact) mass is 968 g/mol. The molecule has 302 valence electrons. The van der Waals surface area contributed by atoms with Gasteiger partial charge in [0.15, 0.2) is 0 Å². The average molecular weight is 969 g/mol. The van der Waals surface area contributed by atoms with E-state index in [1.54, 1.807) is 11.8 Å². The molecule has 58 heavy (non-hydrogen) atoms. The van der Waals surface area contributed by atoms with E-state index < -0.39 is 16.7 Å². The van der Waals surface area contributed by atoms with Gasteiger partial charge < -0.3 is 14.3 Å². The van der Waals surface area contributed by atoms with Crippen LogP contribution < -0.4 is 4.74 Å². The van der Waals surface area contributed by atoms with Crippen molar-refractivity contribution in [2.45, 2.75) is 137 Å². The van der Waals surface area contributed by atoms with Crippen molar-refractivity contribution in [1.29, 1.82) is 0 Å². The van der Waals surface area contributed by atoms with E-state index in [1.807, 2.05) is 19.2 Å². The molecule has 4 aromatic carbocycles. The van der Waals surface area contributed by atoms with Crippen molar-refractivity contribution >= 4 is 38.6 Å². The normalized spacial score (nSPS) is 22.2. The van der Waals surface area contributed by atoms with Crippen molar-refractivity contribution in [2.75, 3.05) is 0 Å². The summed E-state index contributed by atoms with van der Waals surface area (Å²) < 4.78 is 28.1. The van der Waals surface area contributed by atoms with Gasteiger partial charge in [-0.15, -0.1) is 46.0 Å². The molecule has 0 fully saturated rings. The number of hydrogen-bond donors (Lipinski definition) is 0. The zero-order valence-electron chi connectivity index (χ0n) is 38.7. The third-order valence-corrected chi connectivity index (χ3v) is 15.2. The Kier molecular flexibility index (Phi) is 8.58. The molecule has 0 radical (unpaired) electrons. The first kappa shape index (κ1) is 38.5. The molecule has 0 saturated heterocycles. The first-order chi connectivity index (χ1) is 27.2. The zero-order chi connectivity index (χ0) is 42.8. The molecular weight excluding hydrogens is 910 g/mol. The molecule has 0 amide bonds. The number of rotatable bonds is 3. The molecule has 3 aliphatic rings. The third-order valence-electron chi connectivity index (χ3n) is 13.1. The number of nitrogens with zero attached hydrogens (tertiary/aromatic N) is 3. The van der Waals surface area contributed by atoms with Gasteiger partial charge in [-0.05, 0) is 88.2 Å². The van der Waals surface area contributed by atoms with E-state index in [1.165, 1.54) is 33.2 Å². The van der Waals surface area contributed by atoms with Crippen LogP contribution in [-0.4, -0.2) is 20.1 Å². The van der Waals surface area contributed by atoms with Gasteiger partial charge in [-0.2, -0.15) is 6.07 Å². The number of aryl methyl sites for hydroxylation is 3. The van der Waals surface area contributed by atoms with Gasteiger partial charge in [0.2, 0.25) is 0 Å². The van der Waals surface area contributed by atoms with E-state index in [0.29, 0.717) is 11.5 Å². The SMILES string of the molecule is [2H]C1([2H])c2cc(C)c(C)cc2[C@]2(C(C)(C)C)SC(c3[c-]c(Oc4[c-]c5c(cc4C)c4cc(C(C)(C)C)cc6c4n5-c4ncccc4C6(C)C)cc(C(C)(C)C)c3)=N[C@]12C.[Pt+2]. The molecule has 6 aromatic rings. The van der Waals surface area contributed by atoms with E-state index >= 15 is 0 Å². The number of hydrogen-bond acceptors (Lipinski definition) is 4. The van der Waals surface area contributed by atoms with Crippen LogP contribution in [0, 0.1) is 38.3 Å². The van der Waals surface area contributed by atoms with Crippen LogP contribution in [0.2, 0.25) is 0 Å². The van der Waals surface area contributed by atoms with E-state index in [-0.39, 0.29) is 42.7 Å². The Balaban J connectivity index is 0.00000499. The summed E-state index contributed by atoms with van der Waals surface area (Å²) in [7, 11) is 0. The Morgan fingerprint density at radius 3 is 2.12 bits per heavy atom. The van der Waals surface area contributed by atoms with Crippen LogP contribution in [0.4, 0.5) is 0 Å². The van der Waals surface area contributed by atoms with Gasteiger partial charge in [0, 0.05) is 42.0 Å². The molecule has 0 bridgehead atoms. The molecule has 2 atom stereocenters. The van der Waals surface area contributed by atoms with Crippen LogP contribution in [0.3, 0.4) is 0 Å². The molecule has 0 spiro atoms. The summed E-state index contributed by atoms with van der Waals surface area (Å²) >= 11 is 1.70. The maximum absolute atomic E-state index is 9.74. The Morgan fingerprint density at radius 2 is 1.45 bits per heavy atom. The van der Waals surface area contributed by atoms with E-state index in [4.69, 9.17) is 14.7 Å². The molecule has 1 aliphatic carbocycles. The molecule has 4 heterocycles. The zero-order valence-corrected chi connectivity index (χ0v) is 39.8. The molecule has 4 nitrogen and oxygen atoms in total. The van der Waals surface area contributed by atoms with Crippen LogP contribution in [0.1, 0.15) is 141 Å². The average Bonchev–Trinajstić information content (AvgIpc) is 3.68. The van der Waals surface area contributed by atoms with Gasteiger partial charge in [0.25, 0.3) is 0 Å². The molecular formula is C52H57N3OPtS. The number of aliphatic imine (C=N–C) groups is 1. The van der Waals surface area contributed by atoms with E-state index in [0.717, 1.165) is 55.1 Å². The van der Waals surface area contributed by atoms with Crippen molar-refractivity contribution in [3.63, 3.8) is 0 Å². The number of ether oxygens (including phenoxy) is 1. The Bertz CT molecular complexity index is 2850. The maximum atomic E-state index is 9.74. The molecule has 0 N–H and O–H groups in total. The Morgan fingerprint density at radius 1 is 0.776 bits per heavy atom. The number of thioether (sulfide) groups is 1. The van der Waals surface area contributed by atoms with Crippen molar-refractivity contribution in [3.05, 3.63) is 129 Å². The van der Waals surface area contributed by atoms with Crippen LogP contribution >= 0.6 is 11.8 Å². The van der Waals surface area contributed by atoms with Crippen LogP contribution in [-0.2, 0) is 48.4 Å². The predicted molar refractivity (Wildman–Crippen MR) is 240 cm³/mol. The second-order valence-electron chi connectivity index (χ2n) is 20.7. The topological polar surface area (TPSA) is 39.4 Å². The Labute approximate surface area is 367 Å². The molecule has 0 saturated carbocycles. The molecule has 0 unspecified atom stereocenters. The van der Waals surface area contributed by atoms with E-state index in [2.05, 4.69) is 162 Å². The van der Waals surface area contributed by atoms with Gasteiger partial charge >= 0.3 is 21.1 Å². The fourth-order valence-corrected chi connectivity index (χ4v) is 11.4.